The minimum Gasteiger partial charge on any atom is -0.299 e. The van der Waals surface area contributed by atoms with Gasteiger partial charge in [0.25, 0.3) is 0 Å². The number of nitrogens with zero attached hydrogens (tertiary/aromatic N) is 3. The van der Waals surface area contributed by atoms with E-state index in [1.54, 1.807) is 24.4 Å². The first-order valence-corrected chi connectivity index (χ1v) is 6.01. The molecule has 0 radical (unpaired) electrons. The van der Waals surface area contributed by atoms with Crippen molar-refractivity contribution in [3.63, 3.8) is 0 Å². The van der Waals surface area contributed by atoms with E-state index in [9.17, 15) is 13.2 Å². The first kappa shape index (κ1) is 13.7. The predicted octanol–water partition coefficient (Wildman–Crippen LogP) is 3.35. The van der Waals surface area contributed by atoms with Gasteiger partial charge in [0.1, 0.15) is 5.69 Å². The number of nitrogens with one attached hydrogen (secondary N) is 1. The van der Waals surface area contributed by atoms with E-state index in [1.807, 2.05) is 0 Å². The monoisotopic (exact) mass is 288 g/mol. The highest BCUT2D eigenvalue weighted by molar-refractivity contribution is 7.71. The predicted molar refractivity (Wildman–Crippen MR) is 65.9 cm³/mol. The van der Waals surface area contributed by atoms with Gasteiger partial charge in [-0.05, 0) is 30.8 Å². The molecule has 0 bridgehead atoms. The van der Waals surface area contributed by atoms with Gasteiger partial charge in [-0.1, -0.05) is 6.07 Å². The number of aromatic nitrogens is 4. The molecule has 0 saturated carbocycles. The molecule has 2 heterocycles. The molecule has 2 rings (SSSR count). The van der Waals surface area contributed by atoms with E-state index in [-0.39, 0.29) is 13.0 Å². The SMILES string of the molecule is FC(F)(F)CCCn1c(-c2ccccn2)n[nH]c1=S. The topological polar surface area (TPSA) is 46.5 Å². The van der Waals surface area contributed by atoms with E-state index in [2.05, 4.69) is 15.2 Å². The highest BCUT2D eigenvalue weighted by Crippen LogP contribution is 2.22. The molecule has 0 fully saturated rings. The van der Waals surface area contributed by atoms with Crippen LogP contribution in [0.5, 0.6) is 0 Å². The summed E-state index contributed by atoms with van der Waals surface area (Å²) < 4.78 is 38.2. The molecule has 0 aromatic carbocycles. The van der Waals surface area contributed by atoms with Crippen LogP contribution in [0.25, 0.3) is 11.5 Å². The maximum Gasteiger partial charge on any atom is 0.389 e. The summed E-state index contributed by atoms with van der Waals surface area (Å²) in [6, 6.07) is 5.25. The Hall–Kier alpha value is -1.70. The molecule has 4 nitrogen and oxygen atoms in total. The zero-order valence-electron chi connectivity index (χ0n) is 9.81. The zero-order chi connectivity index (χ0) is 13.9. The number of aromatic amines is 1. The average Bonchev–Trinajstić information content (AvgIpc) is 2.71. The molecule has 0 aliphatic carbocycles. The second-order valence-electron chi connectivity index (χ2n) is 3.94. The molecule has 0 aliphatic rings. The van der Waals surface area contributed by atoms with Gasteiger partial charge in [0.15, 0.2) is 10.6 Å². The van der Waals surface area contributed by atoms with Gasteiger partial charge < -0.3 is 0 Å². The van der Waals surface area contributed by atoms with Crippen molar-refractivity contribution in [3.8, 4) is 11.5 Å². The second-order valence-corrected chi connectivity index (χ2v) is 4.32. The van der Waals surface area contributed by atoms with Crippen LogP contribution < -0.4 is 0 Å². The van der Waals surface area contributed by atoms with Crippen molar-refractivity contribution in [2.45, 2.75) is 25.6 Å². The van der Waals surface area contributed by atoms with Gasteiger partial charge in [-0.2, -0.15) is 18.3 Å². The van der Waals surface area contributed by atoms with E-state index in [4.69, 9.17) is 12.2 Å². The molecule has 19 heavy (non-hydrogen) atoms. The van der Waals surface area contributed by atoms with Crippen LogP contribution in [0.4, 0.5) is 13.2 Å². The maximum atomic E-state index is 12.1. The van der Waals surface area contributed by atoms with Crippen LogP contribution in [0.1, 0.15) is 12.8 Å². The number of hydrogen-bond acceptors (Lipinski definition) is 3. The highest BCUT2D eigenvalue weighted by Gasteiger charge is 2.26. The molecule has 0 unspecified atom stereocenters. The molecule has 2 aromatic heterocycles. The molecule has 8 heteroatoms. The Morgan fingerprint density at radius 3 is 2.74 bits per heavy atom. The smallest absolute Gasteiger partial charge is 0.299 e. The summed E-state index contributed by atoms with van der Waals surface area (Å²) in [6.45, 7) is 0.154. The van der Waals surface area contributed by atoms with E-state index in [0.29, 0.717) is 16.3 Å². The van der Waals surface area contributed by atoms with Crippen molar-refractivity contribution < 1.29 is 13.2 Å². The number of rotatable bonds is 4. The summed E-state index contributed by atoms with van der Waals surface area (Å²) in [6.07, 6.45) is -3.46. The Balaban J connectivity index is 2.17. The van der Waals surface area contributed by atoms with Gasteiger partial charge in [-0.3, -0.25) is 14.6 Å². The molecule has 0 saturated heterocycles. The lowest BCUT2D eigenvalue weighted by Crippen LogP contribution is -2.10. The quantitative estimate of drug-likeness (QED) is 0.878. The summed E-state index contributed by atoms with van der Waals surface area (Å²) >= 11 is 5.02. The van der Waals surface area contributed by atoms with Crippen molar-refractivity contribution in [2.75, 3.05) is 0 Å². The van der Waals surface area contributed by atoms with Crippen LogP contribution in [-0.2, 0) is 6.54 Å². The van der Waals surface area contributed by atoms with Crippen LogP contribution >= 0.6 is 12.2 Å². The second kappa shape index (κ2) is 5.52. The van der Waals surface area contributed by atoms with Crippen LogP contribution in [0.15, 0.2) is 24.4 Å². The first-order chi connectivity index (χ1) is 8.97. The lowest BCUT2D eigenvalue weighted by molar-refractivity contribution is -0.135. The Morgan fingerprint density at radius 1 is 1.32 bits per heavy atom. The van der Waals surface area contributed by atoms with Crippen molar-refractivity contribution in [2.24, 2.45) is 0 Å². The van der Waals surface area contributed by atoms with Crippen LogP contribution in [0.2, 0.25) is 0 Å². The maximum absolute atomic E-state index is 12.1. The molecular weight excluding hydrogens is 277 g/mol. The normalized spacial score (nSPS) is 11.7. The largest absolute Gasteiger partial charge is 0.389 e. The van der Waals surface area contributed by atoms with Gasteiger partial charge in [0.2, 0.25) is 0 Å². The zero-order valence-corrected chi connectivity index (χ0v) is 10.6. The van der Waals surface area contributed by atoms with Crippen LogP contribution in [-0.4, -0.2) is 25.9 Å². The molecular formula is C11H11F3N4S. The summed E-state index contributed by atoms with van der Waals surface area (Å²) in [5, 5.41) is 6.58. The Bertz CT molecular complexity index is 588. The van der Waals surface area contributed by atoms with E-state index in [1.165, 1.54) is 4.57 Å². The summed E-state index contributed by atoms with van der Waals surface area (Å²) in [5.41, 5.74) is 0.571. The standard InChI is InChI=1S/C11H11F3N4S/c12-11(13,14)5-3-7-18-9(16-17-10(18)19)8-4-1-2-6-15-8/h1-2,4,6H,3,5,7H2,(H,17,19). The third-order valence-electron chi connectivity index (χ3n) is 2.49. The molecule has 2 aromatic rings. The minimum atomic E-state index is -4.16. The van der Waals surface area contributed by atoms with E-state index < -0.39 is 12.6 Å². The summed E-state index contributed by atoms with van der Waals surface area (Å²) in [5.74, 6) is 0.452. The fourth-order valence-electron chi connectivity index (χ4n) is 1.65. The average molecular weight is 288 g/mol. The van der Waals surface area contributed by atoms with Gasteiger partial charge in [0.05, 0.1) is 0 Å². The Kier molecular flexibility index (Phi) is 3.98. The Morgan fingerprint density at radius 2 is 2.11 bits per heavy atom. The number of pyridine rings is 1. The number of H-pyrrole nitrogens is 1. The molecule has 0 atom stereocenters. The van der Waals surface area contributed by atoms with Gasteiger partial charge in [0, 0.05) is 19.2 Å². The van der Waals surface area contributed by atoms with Gasteiger partial charge in [-0.25, -0.2) is 0 Å². The van der Waals surface area contributed by atoms with Crippen molar-refractivity contribution in [1.29, 1.82) is 0 Å². The number of hydrogen-bond donors (Lipinski definition) is 1. The number of alkyl halides is 3. The van der Waals surface area contributed by atoms with Gasteiger partial charge in [-0.15, -0.1) is 0 Å². The third-order valence-corrected chi connectivity index (χ3v) is 2.81. The minimum absolute atomic E-state index is 0.0445. The fourth-order valence-corrected chi connectivity index (χ4v) is 1.88. The molecule has 0 aliphatic heterocycles. The summed E-state index contributed by atoms with van der Waals surface area (Å²) in [7, 11) is 0. The van der Waals surface area contributed by atoms with Gasteiger partial charge >= 0.3 is 6.18 Å². The summed E-state index contributed by atoms with van der Waals surface area (Å²) in [4.78, 5) is 4.11. The first-order valence-electron chi connectivity index (χ1n) is 5.61. The third kappa shape index (κ3) is 3.63. The molecule has 0 amide bonds. The molecule has 0 spiro atoms. The molecule has 1 N–H and O–H groups in total. The lowest BCUT2D eigenvalue weighted by atomic mass is 10.3. The highest BCUT2D eigenvalue weighted by atomic mass is 32.1. The van der Waals surface area contributed by atoms with Crippen molar-refractivity contribution in [3.05, 3.63) is 29.2 Å². The van der Waals surface area contributed by atoms with E-state index in [0.717, 1.165) is 0 Å². The van der Waals surface area contributed by atoms with E-state index >= 15 is 0 Å². The fraction of sp³-hybridized carbons (Fsp3) is 0.364. The lowest BCUT2D eigenvalue weighted by Gasteiger charge is -2.08. The number of halogens is 3. The Labute approximate surface area is 112 Å². The van der Waals surface area contributed by atoms with Crippen LogP contribution in [0, 0.1) is 4.77 Å². The molecule has 102 valence electrons. The van der Waals surface area contributed by atoms with Crippen LogP contribution in [0.3, 0.4) is 0 Å². The van der Waals surface area contributed by atoms with Crippen molar-refractivity contribution in [1.82, 2.24) is 19.7 Å². The van der Waals surface area contributed by atoms with Crippen molar-refractivity contribution >= 4 is 12.2 Å².